The second-order valence-corrected chi connectivity index (χ2v) is 10.6. The Balaban J connectivity index is 1.91. The molecule has 2 aromatic rings. The Morgan fingerprint density at radius 3 is 2.42 bits per heavy atom. The van der Waals surface area contributed by atoms with Crippen LogP contribution in [0.2, 0.25) is 0 Å². The summed E-state index contributed by atoms with van der Waals surface area (Å²) < 4.78 is 8.38. The molecule has 1 unspecified atom stereocenters. The number of benzene rings is 1. The number of rotatable bonds is 9. The highest BCUT2D eigenvalue weighted by Crippen LogP contribution is 2.42. The standard InChI is InChI=1S/C20H26Br2OS/c1-14(2)7-6-8-15(3)11-12-23-18-10-5-4-9-16(18)17-13-19(21)24-20(17)22/h4-5,9-10,13-15H,6-8,11-12H2,1-3H3. The molecule has 0 saturated heterocycles. The molecule has 0 amide bonds. The van der Waals surface area contributed by atoms with E-state index in [1.165, 1.54) is 24.8 Å². The Morgan fingerprint density at radius 1 is 1.00 bits per heavy atom. The van der Waals surface area contributed by atoms with Crippen molar-refractivity contribution >= 4 is 43.2 Å². The molecule has 1 aromatic heterocycles. The zero-order valence-corrected chi connectivity index (χ0v) is 18.6. The van der Waals surface area contributed by atoms with Gasteiger partial charge in [0.1, 0.15) is 5.75 Å². The van der Waals surface area contributed by atoms with E-state index in [9.17, 15) is 0 Å². The van der Waals surface area contributed by atoms with Gasteiger partial charge in [0.2, 0.25) is 0 Å². The van der Waals surface area contributed by atoms with E-state index in [2.05, 4.69) is 76.9 Å². The third-order valence-electron chi connectivity index (χ3n) is 4.18. The summed E-state index contributed by atoms with van der Waals surface area (Å²) in [6, 6.07) is 10.4. The maximum Gasteiger partial charge on any atom is 0.127 e. The van der Waals surface area contributed by atoms with Gasteiger partial charge >= 0.3 is 0 Å². The molecule has 132 valence electrons. The van der Waals surface area contributed by atoms with Crippen LogP contribution in [-0.4, -0.2) is 6.61 Å². The van der Waals surface area contributed by atoms with Crippen molar-refractivity contribution in [2.24, 2.45) is 11.8 Å². The van der Waals surface area contributed by atoms with Crippen LogP contribution in [0.4, 0.5) is 0 Å². The number of halogens is 2. The first-order chi connectivity index (χ1) is 11.5. The second kappa shape index (κ2) is 9.98. The van der Waals surface area contributed by atoms with E-state index in [4.69, 9.17) is 4.74 Å². The second-order valence-electron chi connectivity index (χ2n) is 6.80. The van der Waals surface area contributed by atoms with Gasteiger partial charge in [-0.05, 0) is 62.2 Å². The van der Waals surface area contributed by atoms with E-state index in [0.717, 1.165) is 43.7 Å². The van der Waals surface area contributed by atoms with Crippen molar-refractivity contribution < 1.29 is 4.74 Å². The molecule has 4 heteroatoms. The van der Waals surface area contributed by atoms with Crippen molar-refractivity contribution in [2.75, 3.05) is 6.61 Å². The van der Waals surface area contributed by atoms with Crippen LogP contribution in [0.15, 0.2) is 37.9 Å². The monoisotopic (exact) mass is 472 g/mol. The van der Waals surface area contributed by atoms with Crippen LogP contribution in [-0.2, 0) is 0 Å². The van der Waals surface area contributed by atoms with Crippen LogP contribution in [0.3, 0.4) is 0 Å². The van der Waals surface area contributed by atoms with Gasteiger partial charge in [-0.15, -0.1) is 11.3 Å². The first-order valence-corrected chi connectivity index (χ1v) is 11.0. The molecule has 0 saturated carbocycles. The minimum absolute atomic E-state index is 0.720. The van der Waals surface area contributed by atoms with Crippen molar-refractivity contribution in [3.8, 4) is 16.9 Å². The predicted molar refractivity (Wildman–Crippen MR) is 113 cm³/mol. The molecule has 0 aliphatic heterocycles. The van der Waals surface area contributed by atoms with Crippen LogP contribution in [0, 0.1) is 11.8 Å². The maximum atomic E-state index is 6.12. The van der Waals surface area contributed by atoms with E-state index in [1.54, 1.807) is 11.3 Å². The SMILES string of the molecule is CC(C)CCCC(C)CCOc1ccccc1-c1cc(Br)sc1Br. The summed E-state index contributed by atoms with van der Waals surface area (Å²) in [4.78, 5) is 0. The lowest BCUT2D eigenvalue weighted by molar-refractivity contribution is 0.276. The van der Waals surface area contributed by atoms with Gasteiger partial charge in [-0.1, -0.05) is 58.2 Å². The van der Waals surface area contributed by atoms with Crippen molar-refractivity contribution in [3.63, 3.8) is 0 Å². The van der Waals surface area contributed by atoms with Crippen LogP contribution < -0.4 is 4.74 Å². The average Bonchev–Trinajstić information content (AvgIpc) is 2.86. The molecule has 1 nitrogen and oxygen atoms in total. The highest BCUT2D eigenvalue weighted by atomic mass is 79.9. The molecular weight excluding hydrogens is 448 g/mol. The molecule has 0 bridgehead atoms. The lowest BCUT2D eigenvalue weighted by atomic mass is 9.98. The van der Waals surface area contributed by atoms with E-state index in [0.29, 0.717) is 0 Å². The first-order valence-electron chi connectivity index (χ1n) is 8.64. The first kappa shape index (κ1) is 20.0. The van der Waals surface area contributed by atoms with Crippen LogP contribution in [0.5, 0.6) is 5.75 Å². The topological polar surface area (TPSA) is 9.23 Å². The fraction of sp³-hybridized carbons (Fsp3) is 0.500. The smallest absolute Gasteiger partial charge is 0.127 e. The molecule has 1 atom stereocenters. The van der Waals surface area contributed by atoms with Crippen LogP contribution in [0.1, 0.15) is 46.5 Å². The van der Waals surface area contributed by atoms with Crippen LogP contribution >= 0.6 is 43.2 Å². The normalized spacial score (nSPS) is 12.6. The lowest BCUT2D eigenvalue weighted by Gasteiger charge is -2.15. The van der Waals surface area contributed by atoms with E-state index < -0.39 is 0 Å². The Kier molecular flexibility index (Phi) is 8.32. The third-order valence-corrected chi connectivity index (χ3v) is 6.52. The summed E-state index contributed by atoms with van der Waals surface area (Å²) in [6.45, 7) is 7.71. The van der Waals surface area contributed by atoms with Gasteiger partial charge in [0, 0.05) is 11.1 Å². The fourth-order valence-corrected chi connectivity index (χ4v) is 5.57. The largest absolute Gasteiger partial charge is 0.493 e. The number of hydrogen-bond donors (Lipinski definition) is 0. The fourth-order valence-electron chi connectivity index (χ4n) is 2.73. The van der Waals surface area contributed by atoms with Gasteiger partial charge in [0.05, 0.1) is 14.2 Å². The van der Waals surface area contributed by atoms with Crippen molar-refractivity contribution in [2.45, 2.75) is 46.5 Å². The molecular formula is C20H26Br2OS. The van der Waals surface area contributed by atoms with E-state index in [-0.39, 0.29) is 0 Å². The van der Waals surface area contributed by atoms with Gasteiger partial charge in [0.15, 0.2) is 0 Å². The Hall–Kier alpha value is -0.320. The summed E-state index contributed by atoms with van der Waals surface area (Å²) in [5.41, 5.74) is 2.34. The molecule has 0 radical (unpaired) electrons. The number of hydrogen-bond acceptors (Lipinski definition) is 2. The minimum Gasteiger partial charge on any atom is -0.493 e. The lowest BCUT2D eigenvalue weighted by Crippen LogP contribution is -2.05. The van der Waals surface area contributed by atoms with Gasteiger partial charge < -0.3 is 4.74 Å². The summed E-state index contributed by atoms with van der Waals surface area (Å²) in [7, 11) is 0. The molecule has 0 N–H and O–H groups in total. The van der Waals surface area contributed by atoms with Crippen molar-refractivity contribution in [1.82, 2.24) is 0 Å². The molecule has 0 aliphatic carbocycles. The predicted octanol–water partition coefficient (Wildman–Crippen LogP) is 8.17. The van der Waals surface area contributed by atoms with E-state index >= 15 is 0 Å². The van der Waals surface area contributed by atoms with Gasteiger partial charge in [-0.3, -0.25) is 0 Å². The molecule has 0 aliphatic rings. The van der Waals surface area contributed by atoms with Gasteiger partial charge in [0.25, 0.3) is 0 Å². The molecule has 0 fully saturated rings. The Bertz CT molecular complexity index is 636. The molecule has 0 spiro atoms. The van der Waals surface area contributed by atoms with E-state index in [1.807, 2.05) is 6.07 Å². The zero-order chi connectivity index (χ0) is 17.5. The molecule has 1 heterocycles. The minimum atomic E-state index is 0.720. The summed E-state index contributed by atoms with van der Waals surface area (Å²) in [5.74, 6) is 2.50. The number of para-hydroxylation sites is 1. The van der Waals surface area contributed by atoms with Gasteiger partial charge in [-0.25, -0.2) is 0 Å². The van der Waals surface area contributed by atoms with Crippen molar-refractivity contribution in [3.05, 3.63) is 37.9 Å². The molecule has 1 aromatic carbocycles. The summed E-state index contributed by atoms with van der Waals surface area (Å²) >= 11 is 8.90. The van der Waals surface area contributed by atoms with Crippen molar-refractivity contribution in [1.29, 1.82) is 0 Å². The average molecular weight is 474 g/mol. The molecule has 2 rings (SSSR count). The Labute approximate surface area is 167 Å². The highest BCUT2D eigenvalue weighted by Gasteiger charge is 2.13. The Morgan fingerprint density at radius 2 is 1.75 bits per heavy atom. The highest BCUT2D eigenvalue weighted by molar-refractivity contribution is 9.12. The maximum absolute atomic E-state index is 6.12. The number of ether oxygens (including phenoxy) is 1. The quantitative estimate of drug-likeness (QED) is 0.356. The number of thiophene rings is 1. The van der Waals surface area contributed by atoms with Gasteiger partial charge in [-0.2, -0.15) is 0 Å². The third kappa shape index (κ3) is 6.20. The summed E-state index contributed by atoms with van der Waals surface area (Å²) in [6.07, 6.45) is 5.06. The van der Waals surface area contributed by atoms with Crippen LogP contribution in [0.25, 0.3) is 11.1 Å². The zero-order valence-electron chi connectivity index (χ0n) is 14.6. The summed E-state index contributed by atoms with van der Waals surface area (Å²) in [5, 5.41) is 0. The molecule has 24 heavy (non-hydrogen) atoms.